The Morgan fingerprint density at radius 3 is 2.20 bits per heavy atom. The summed E-state index contributed by atoms with van der Waals surface area (Å²) < 4.78 is 5.32. The van der Waals surface area contributed by atoms with Crippen LogP contribution in [0.1, 0.15) is 77.0 Å². The molecule has 0 aliphatic rings. The highest BCUT2D eigenvalue weighted by atomic mass is 16.5. The summed E-state index contributed by atoms with van der Waals surface area (Å²) in [6.45, 7) is 13.6. The van der Waals surface area contributed by atoms with E-state index in [-0.39, 0.29) is 10.8 Å². The summed E-state index contributed by atoms with van der Waals surface area (Å²) in [4.78, 5) is 8.78. The molecule has 1 atom stereocenters. The van der Waals surface area contributed by atoms with Gasteiger partial charge in [-0.2, -0.15) is 0 Å². The minimum atomic E-state index is 0.0604. The van der Waals surface area contributed by atoms with E-state index in [2.05, 4.69) is 63.6 Å². The molecule has 0 saturated carbocycles. The Kier molecular flexibility index (Phi) is 5.87. The maximum absolute atomic E-state index is 5.32. The molecule has 2 aromatic rings. The van der Waals surface area contributed by atoms with Crippen molar-refractivity contribution in [2.45, 2.75) is 71.1 Å². The molecule has 0 bridgehead atoms. The van der Waals surface area contributed by atoms with E-state index in [1.807, 2.05) is 18.6 Å². The van der Waals surface area contributed by atoms with Gasteiger partial charge in [0.05, 0.1) is 13.3 Å². The minimum Gasteiger partial charge on any atom is -0.495 e. The Hall–Kier alpha value is -1.90. The third-order valence-electron chi connectivity index (χ3n) is 5.13. The van der Waals surface area contributed by atoms with Gasteiger partial charge in [-0.25, -0.2) is 0 Å². The van der Waals surface area contributed by atoms with Crippen LogP contribution in [0.15, 0.2) is 36.9 Å². The average molecular weight is 341 g/mol. The van der Waals surface area contributed by atoms with Crippen LogP contribution in [0.5, 0.6) is 5.75 Å². The predicted molar refractivity (Wildman–Crippen MR) is 104 cm³/mol. The van der Waals surface area contributed by atoms with Gasteiger partial charge in [0.1, 0.15) is 5.75 Å². The predicted octanol–water partition coefficient (Wildman–Crippen LogP) is 5.64. The molecule has 0 radical (unpaired) electrons. The molecule has 0 amide bonds. The second-order valence-corrected chi connectivity index (χ2v) is 8.69. The van der Waals surface area contributed by atoms with Crippen LogP contribution in [0.25, 0.3) is 0 Å². The smallest absolute Gasteiger partial charge is 0.137 e. The van der Waals surface area contributed by atoms with Gasteiger partial charge < -0.3 is 4.74 Å². The summed E-state index contributed by atoms with van der Waals surface area (Å²) in [6, 6.07) is 4.41. The first-order chi connectivity index (χ1) is 11.6. The second kappa shape index (κ2) is 7.55. The van der Waals surface area contributed by atoms with Crippen molar-refractivity contribution in [1.82, 2.24) is 9.97 Å². The number of pyridine rings is 2. The van der Waals surface area contributed by atoms with E-state index in [9.17, 15) is 0 Å². The van der Waals surface area contributed by atoms with Crippen LogP contribution >= 0.6 is 0 Å². The highest BCUT2D eigenvalue weighted by Gasteiger charge is 2.23. The van der Waals surface area contributed by atoms with Gasteiger partial charge in [0.2, 0.25) is 0 Å². The van der Waals surface area contributed by atoms with Gasteiger partial charge in [-0.1, -0.05) is 47.6 Å². The van der Waals surface area contributed by atoms with E-state index < -0.39 is 0 Å². The number of hydrogen-bond donors (Lipinski definition) is 0. The van der Waals surface area contributed by atoms with Crippen molar-refractivity contribution in [2.24, 2.45) is 0 Å². The number of methoxy groups -OCH3 is 1. The van der Waals surface area contributed by atoms with Crippen LogP contribution in [0.3, 0.4) is 0 Å². The maximum Gasteiger partial charge on any atom is 0.137 e. The molecule has 3 heteroatoms. The minimum absolute atomic E-state index is 0.0604. The Bertz CT molecular complexity index is 701. The monoisotopic (exact) mass is 340 g/mol. The van der Waals surface area contributed by atoms with Gasteiger partial charge >= 0.3 is 0 Å². The number of nitrogens with zero attached hydrogens (tertiary/aromatic N) is 2. The number of hydrogen-bond acceptors (Lipinski definition) is 3. The normalized spacial score (nSPS) is 13.6. The van der Waals surface area contributed by atoms with Crippen molar-refractivity contribution >= 4 is 0 Å². The van der Waals surface area contributed by atoms with E-state index in [1.54, 1.807) is 13.3 Å². The summed E-state index contributed by atoms with van der Waals surface area (Å²) in [6.07, 6.45) is 9.91. The molecule has 2 rings (SSSR count). The molecule has 0 saturated heterocycles. The zero-order chi connectivity index (χ0) is 18.7. The number of ether oxygens (including phenoxy) is 1. The molecule has 0 aromatic carbocycles. The summed E-state index contributed by atoms with van der Waals surface area (Å²) in [5, 5.41) is 0. The average Bonchev–Trinajstić information content (AvgIpc) is 2.59. The summed E-state index contributed by atoms with van der Waals surface area (Å²) >= 11 is 0. The fourth-order valence-electron chi connectivity index (χ4n) is 2.93. The van der Waals surface area contributed by atoms with Crippen LogP contribution in [-0.2, 0) is 10.8 Å². The fourth-order valence-corrected chi connectivity index (χ4v) is 2.93. The lowest BCUT2D eigenvalue weighted by Gasteiger charge is -2.27. The van der Waals surface area contributed by atoms with Gasteiger partial charge in [0, 0.05) is 18.6 Å². The molecule has 1 unspecified atom stereocenters. The first-order valence-electron chi connectivity index (χ1n) is 9.08. The van der Waals surface area contributed by atoms with E-state index in [1.165, 1.54) is 16.7 Å². The lowest BCUT2D eigenvalue weighted by molar-refractivity contribution is 0.404. The van der Waals surface area contributed by atoms with Crippen LogP contribution < -0.4 is 4.74 Å². The van der Waals surface area contributed by atoms with Crippen molar-refractivity contribution in [2.75, 3.05) is 7.11 Å². The van der Waals surface area contributed by atoms with E-state index in [0.29, 0.717) is 5.92 Å². The SMILES string of the molecule is COc1cncc(C(C)(C)CCC(C)c2cncc(C(C)(C)C)c2)c1. The fraction of sp³-hybridized carbons (Fsp3) is 0.545. The van der Waals surface area contributed by atoms with Crippen LogP contribution in [0.4, 0.5) is 0 Å². The first kappa shape index (κ1) is 19.4. The molecule has 2 heterocycles. The zero-order valence-corrected chi connectivity index (χ0v) is 16.8. The van der Waals surface area contributed by atoms with Crippen molar-refractivity contribution in [3.8, 4) is 5.75 Å². The lowest BCUT2D eigenvalue weighted by atomic mass is 9.78. The van der Waals surface area contributed by atoms with Gasteiger partial charge in [0.25, 0.3) is 0 Å². The molecule has 0 N–H and O–H groups in total. The lowest BCUT2D eigenvalue weighted by Crippen LogP contribution is -2.18. The zero-order valence-electron chi connectivity index (χ0n) is 16.8. The van der Waals surface area contributed by atoms with Crippen molar-refractivity contribution in [3.63, 3.8) is 0 Å². The van der Waals surface area contributed by atoms with Crippen LogP contribution in [0.2, 0.25) is 0 Å². The van der Waals surface area contributed by atoms with Crippen molar-refractivity contribution in [3.05, 3.63) is 53.6 Å². The van der Waals surface area contributed by atoms with E-state index in [4.69, 9.17) is 4.74 Å². The largest absolute Gasteiger partial charge is 0.495 e. The van der Waals surface area contributed by atoms with Crippen molar-refractivity contribution in [1.29, 1.82) is 0 Å². The topological polar surface area (TPSA) is 35.0 Å². The third kappa shape index (κ3) is 5.04. The van der Waals surface area contributed by atoms with Crippen LogP contribution in [0, 0.1) is 0 Å². The molecular formula is C22H32N2O. The highest BCUT2D eigenvalue weighted by molar-refractivity contribution is 5.29. The Balaban J connectivity index is 2.09. The molecule has 0 spiro atoms. The van der Waals surface area contributed by atoms with Crippen molar-refractivity contribution < 1.29 is 4.74 Å². The van der Waals surface area contributed by atoms with E-state index in [0.717, 1.165) is 18.6 Å². The Morgan fingerprint density at radius 1 is 0.920 bits per heavy atom. The molecule has 0 aliphatic heterocycles. The number of aromatic nitrogens is 2. The molecule has 2 aromatic heterocycles. The van der Waals surface area contributed by atoms with Gasteiger partial charge in [-0.05, 0) is 52.3 Å². The highest BCUT2D eigenvalue weighted by Crippen LogP contribution is 2.34. The molecule has 25 heavy (non-hydrogen) atoms. The molecular weight excluding hydrogens is 308 g/mol. The molecule has 0 aliphatic carbocycles. The number of rotatable bonds is 6. The quantitative estimate of drug-likeness (QED) is 0.682. The summed E-state index contributed by atoms with van der Waals surface area (Å²) in [7, 11) is 1.69. The van der Waals surface area contributed by atoms with Gasteiger partial charge in [-0.15, -0.1) is 0 Å². The molecule has 3 nitrogen and oxygen atoms in total. The van der Waals surface area contributed by atoms with Crippen LogP contribution in [-0.4, -0.2) is 17.1 Å². The van der Waals surface area contributed by atoms with Gasteiger partial charge in [-0.3, -0.25) is 9.97 Å². The molecule has 0 fully saturated rings. The summed E-state index contributed by atoms with van der Waals surface area (Å²) in [5.74, 6) is 1.30. The third-order valence-corrected chi connectivity index (χ3v) is 5.13. The Labute approximate surface area is 152 Å². The van der Waals surface area contributed by atoms with E-state index >= 15 is 0 Å². The second-order valence-electron chi connectivity index (χ2n) is 8.69. The van der Waals surface area contributed by atoms with Gasteiger partial charge in [0.15, 0.2) is 0 Å². The first-order valence-corrected chi connectivity index (χ1v) is 9.08. The summed E-state index contributed by atoms with van der Waals surface area (Å²) in [5.41, 5.74) is 4.04. The Morgan fingerprint density at radius 2 is 1.56 bits per heavy atom. The molecule has 136 valence electrons. The maximum atomic E-state index is 5.32. The standard InChI is InChI=1S/C22H32N2O/c1-16(17-10-18(13-23-12-17)21(2,3)4)8-9-22(5,6)19-11-20(25-7)15-24-14-19/h10-16H,8-9H2,1-7H3.